The normalized spacial score (nSPS) is 16.4. The maximum atomic E-state index is 13.9. The van der Waals surface area contributed by atoms with Gasteiger partial charge >= 0.3 is 0 Å². The van der Waals surface area contributed by atoms with E-state index < -0.39 is 5.82 Å². The number of nitriles is 1. The lowest BCUT2D eigenvalue weighted by Crippen LogP contribution is -2.49. The Morgan fingerprint density at radius 2 is 1.70 bits per heavy atom. The summed E-state index contributed by atoms with van der Waals surface area (Å²) in [4.78, 5) is 32.1. The van der Waals surface area contributed by atoms with Crippen LogP contribution in [0.2, 0.25) is 0 Å². The van der Waals surface area contributed by atoms with E-state index in [9.17, 15) is 19.2 Å². The molecular formula is C34H39FN6O2. The highest BCUT2D eigenvalue weighted by atomic mass is 19.1. The van der Waals surface area contributed by atoms with E-state index in [0.717, 1.165) is 48.4 Å². The predicted molar refractivity (Wildman–Crippen MR) is 168 cm³/mol. The Morgan fingerprint density at radius 3 is 2.30 bits per heavy atom. The number of allylic oxidation sites excluding steroid dienone is 3. The first-order chi connectivity index (χ1) is 20.7. The Hall–Kier alpha value is -4.76. The summed E-state index contributed by atoms with van der Waals surface area (Å²) in [7, 11) is 1.52. The number of carbonyl (C=O) groups is 2. The van der Waals surface area contributed by atoms with Crippen LogP contribution in [0.25, 0.3) is 0 Å². The molecule has 2 amide bonds. The van der Waals surface area contributed by atoms with Gasteiger partial charge in [-0.2, -0.15) is 5.26 Å². The summed E-state index contributed by atoms with van der Waals surface area (Å²) in [6.07, 6.45) is 10.7. The molecule has 9 heteroatoms. The molecule has 4 rings (SSSR count). The number of nitrogens with one attached hydrogen (secondary N) is 2. The van der Waals surface area contributed by atoms with Crippen LogP contribution in [-0.4, -0.2) is 74.0 Å². The average Bonchev–Trinajstić information content (AvgIpc) is 3.02. The molecule has 8 nitrogen and oxygen atoms in total. The summed E-state index contributed by atoms with van der Waals surface area (Å²) in [6, 6.07) is 10.7. The summed E-state index contributed by atoms with van der Waals surface area (Å²) < 4.78 is 13.9. The van der Waals surface area contributed by atoms with Crippen LogP contribution in [-0.2, 0) is 0 Å². The fraction of sp³-hybridized carbons (Fsp3) is 0.382. The van der Waals surface area contributed by atoms with E-state index in [1.807, 2.05) is 42.7 Å². The van der Waals surface area contributed by atoms with Crippen LogP contribution in [0, 0.1) is 43.3 Å². The Bertz CT molecular complexity index is 1520. The van der Waals surface area contributed by atoms with Crippen molar-refractivity contribution in [3.8, 4) is 18.4 Å². The third-order valence-corrected chi connectivity index (χ3v) is 8.24. The molecule has 2 heterocycles. The van der Waals surface area contributed by atoms with E-state index in [1.165, 1.54) is 19.2 Å². The van der Waals surface area contributed by atoms with Crippen molar-refractivity contribution < 1.29 is 14.0 Å². The molecule has 2 saturated heterocycles. The van der Waals surface area contributed by atoms with Gasteiger partial charge < -0.3 is 25.3 Å². The van der Waals surface area contributed by atoms with Gasteiger partial charge in [-0.1, -0.05) is 18.1 Å². The summed E-state index contributed by atoms with van der Waals surface area (Å²) in [5.74, 6) is 1.73. The van der Waals surface area contributed by atoms with E-state index in [4.69, 9.17) is 6.42 Å². The molecule has 0 unspecified atom stereocenters. The number of piperazine rings is 1. The average molecular weight is 583 g/mol. The minimum Gasteiger partial charge on any atom is -0.382 e. The van der Waals surface area contributed by atoms with Crippen LogP contribution in [0.5, 0.6) is 0 Å². The number of nitrogens with zero attached hydrogens (tertiary/aromatic N) is 4. The lowest BCUT2D eigenvalue weighted by molar-refractivity contribution is 0.0745. The summed E-state index contributed by atoms with van der Waals surface area (Å²) in [5, 5.41) is 15.7. The zero-order valence-corrected chi connectivity index (χ0v) is 25.3. The number of halogens is 1. The van der Waals surface area contributed by atoms with Gasteiger partial charge in [0.25, 0.3) is 11.8 Å². The largest absolute Gasteiger partial charge is 0.382 e. The molecule has 2 aliphatic rings. The quantitative estimate of drug-likeness (QED) is 0.281. The van der Waals surface area contributed by atoms with E-state index >= 15 is 0 Å². The third-order valence-electron chi connectivity index (χ3n) is 8.24. The molecule has 224 valence electrons. The molecule has 2 aliphatic heterocycles. The van der Waals surface area contributed by atoms with Gasteiger partial charge in [-0.05, 0) is 69.0 Å². The minimum atomic E-state index is -0.465. The van der Waals surface area contributed by atoms with Crippen LogP contribution in [0.1, 0.15) is 51.6 Å². The summed E-state index contributed by atoms with van der Waals surface area (Å²) >= 11 is 0. The van der Waals surface area contributed by atoms with Gasteiger partial charge in [0.15, 0.2) is 0 Å². The van der Waals surface area contributed by atoms with Crippen LogP contribution in [0.3, 0.4) is 0 Å². The Balaban J connectivity index is 1.42. The first-order valence-corrected chi connectivity index (χ1v) is 14.6. The van der Waals surface area contributed by atoms with Crippen molar-refractivity contribution in [3.05, 3.63) is 81.8 Å². The first-order valence-electron chi connectivity index (χ1n) is 14.6. The number of likely N-dealkylation sites (tertiary alicyclic amines) is 1. The number of benzene rings is 2. The van der Waals surface area contributed by atoms with Crippen molar-refractivity contribution >= 4 is 23.2 Å². The number of aryl methyl sites for hydroxylation is 2. The number of amides is 2. The third kappa shape index (κ3) is 7.01. The van der Waals surface area contributed by atoms with E-state index in [2.05, 4.69) is 27.5 Å². The molecule has 0 spiro atoms. The van der Waals surface area contributed by atoms with Gasteiger partial charge in [0.1, 0.15) is 11.9 Å². The predicted octanol–water partition coefficient (Wildman–Crippen LogP) is 4.63. The van der Waals surface area contributed by atoms with Gasteiger partial charge in [-0.25, -0.2) is 4.39 Å². The van der Waals surface area contributed by atoms with Gasteiger partial charge in [-0.3, -0.25) is 9.59 Å². The number of hydrogen-bond donors (Lipinski definition) is 2. The van der Waals surface area contributed by atoms with Crippen LogP contribution >= 0.6 is 0 Å². The Labute approximate surface area is 253 Å². The molecule has 0 bridgehead atoms. The second-order valence-corrected chi connectivity index (χ2v) is 10.9. The molecular weight excluding hydrogens is 543 g/mol. The molecule has 43 heavy (non-hydrogen) atoms. The van der Waals surface area contributed by atoms with Gasteiger partial charge in [0, 0.05) is 75.4 Å². The topological polar surface area (TPSA) is 91.7 Å². The van der Waals surface area contributed by atoms with Crippen molar-refractivity contribution in [1.29, 1.82) is 5.26 Å². The number of anilines is 2. The number of rotatable bonds is 7. The monoisotopic (exact) mass is 582 g/mol. The molecule has 0 aromatic heterocycles. The standard InChI is InChI=1S/C34H39FN6O2/c1-6-8-31(25(7-2)22-36)39-13-11-27(12-14-39)38-30-21-28(23(3)19-24(30)4)34(43)41-17-15-40(16-18-41)32-10-9-26(35)20-29(32)33(42)37-5/h1,7-10,19-21,27,38H,11-18H2,2-5H3,(H,37,42)/b25-7-,31-8+. The summed E-state index contributed by atoms with van der Waals surface area (Å²) in [6.45, 7) is 9.42. The van der Waals surface area contributed by atoms with Crippen molar-refractivity contribution in [3.63, 3.8) is 0 Å². The van der Waals surface area contributed by atoms with Crippen molar-refractivity contribution in [2.45, 2.75) is 39.7 Å². The lowest BCUT2D eigenvalue weighted by atomic mass is 9.99. The van der Waals surface area contributed by atoms with E-state index in [-0.39, 0.29) is 23.4 Å². The highest BCUT2D eigenvalue weighted by Crippen LogP contribution is 2.28. The zero-order valence-electron chi connectivity index (χ0n) is 25.3. The van der Waals surface area contributed by atoms with Crippen molar-refractivity contribution in [2.75, 3.05) is 56.5 Å². The lowest BCUT2D eigenvalue weighted by Gasteiger charge is -2.37. The fourth-order valence-electron chi connectivity index (χ4n) is 5.83. The molecule has 0 radical (unpaired) electrons. The van der Waals surface area contributed by atoms with E-state index in [1.54, 1.807) is 18.2 Å². The van der Waals surface area contributed by atoms with Gasteiger partial charge in [-0.15, -0.1) is 6.42 Å². The maximum Gasteiger partial charge on any atom is 0.254 e. The fourth-order valence-corrected chi connectivity index (χ4v) is 5.83. The second kappa shape index (κ2) is 13.9. The second-order valence-electron chi connectivity index (χ2n) is 10.9. The Kier molecular flexibility index (Phi) is 10.1. The SMILES string of the molecule is C#C/C=C(\C(C#N)=C/C)N1CCC(Nc2cc(C(=O)N3CCN(c4ccc(F)cc4C(=O)NC)CC3)c(C)cc2C)CC1. The number of carbonyl (C=O) groups excluding carboxylic acids is 2. The molecule has 0 atom stereocenters. The zero-order chi connectivity index (χ0) is 31.1. The van der Waals surface area contributed by atoms with E-state index in [0.29, 0.717) is 43.0 Å². The Morgan fingerprint density at radius 1 is 1.00 bits per heavy atom. The molecule has 2 aromatic rings. The number of piperidine rings is 1. The highest BCUT2D eigenvalue weighted by molar-refractivity contribution is 6.00. The molecule has 0 aliphatic carbocycles. The van der Waals surface area contributed by atoms with Gasteiger partial charge in [0.05, 0.1) is 16.8 Å². The molecule has 0 saturated carbocycles. The smallest absolute Gasteiger partial charge is 0.254 e. The summed E-state index contributed by atoms with van der Waals surface area (Å²) in [5.41, 5.74) is 5.92. The van der Waals surface area contributed by atoms with Crippen molar-refractivity contribution in [1.82, 2.24) is 15.1 Å². The van der Waals surface area contributed by atoms with Gasteiger partial charge in [0.2, 0.25) is 0 Å². The maximum absolute atomic E-state index is 13.9. The number of terminal acetylenes is 1. The molecule has 2 fully saturated rings. The highest BCUT2D eigenvalue weighted by Gasteiger charge is 2.27. The molecule has 2 N–H and O–H groups in total. The first kappa shape index (κ1) is 31.2. The van der Waals surface area contributed by atoms with Crippen LogP contribution < -0.4 is 15.5 Å². The van der Waals surface area contributed by atoms with Crippen molar-refractivity contribution in [2.24, 2.45) is 0 Å². The van der Waals surface area contributed by atoms with Crippen LogP contribution in [0.4, 0.5) is 15.8 Å². The molecule has 2 aromatic carbocycles. The minimum absolute atomic E-state index is 0.0277. The number of hydrogen-bond acceptors (Lipinski definition) is 6. The van der Waals surface area contributed by atoms with Crippen LogP contribution in [0.15, 0.2) is 53.8 Å².